The molecule has 100 valence electrons. The minimum absolute atomic E-state index is 0.00854. The van der Waals surface area contributed by atoms with Crippen molar-refractivity contribution in [2.75, 3.05) is 26.4 Å². The monoisotopic (exact) mass is 244 g/mol. The molecule has 5 heteroatoms. The van der Waals surface area contributed by atoms with Gasteiger partial charge in [0.2, 0.25) is 5.91 Å². The Balaban J connectivity index is 2.23. The van der Waals surface area contributed by atoms with Crippen molar-refractivity contribution in [3.05, 3.63) is 0 Å². The minimum atomic E-state index is -0.222. The lowest BCUT2D eigenvalue weighted by molar-refractivity contribution is -0.124. The zero-order chi connectivity index (χ0) is 12.9. The lowest BCUT2D eigenvalue weighted by Gasteiger charge is -2.26. The molecule has 1 heterocycles. The molecule has 1 fully saturated rings. The number of rotatable bonds is 4. The second-order valence-electron chi connectivity index (χ2n) is 5.44. The average molecular weight is 244 g/mol. The van der Waals surface area contributed by atoms with Gasteiger partial charge in [0.05, 0.1) is 32.0 Å². The van der Waals surface area contributed by atoms with Crippen molar-refractivity contribution in [2.24, 2.45) is 0 Å². The normalized spacial score (nSPS) is 23.2. The number of hydrogen-bond acceptors (Lipinski definition) is 4. The highest BCUT2D eigenvalue weighted by molar-refractivity contribution is 5.81. The molecule has 0 bridgehead atoms. The van der Waals surface area contributed by atoms with E-state index in [9.17, 15) is 4.79 Å². The highest BCUT2D eigenvalue weighted by atomic mass is 16.6. The van der Waals surface area contributed by atoms with Gasteiger partial charge in [0, 0.05) is 12.1 Å². The molecule has 2 N–H and O–H groups in total. The van der Waals surface area contributed by atoms with Gasteiger partial charge in [-0.15, -0.1) is 0 Å². The summed E-state index contributed by atoms with van der Waals surface area (Å²) in [6.07, 6.45) is 0.0497. The quantitative estimate of drug-likeness (QED) is 0.746. The van der Waals surface area contributed by atoms with Gasteiger partial charge in [0.15, 0.2) is 0 Å². The first kappa shape index (κ1) is 14.4. The Morgan fingerprint density at radius 1 is 1.41 bits per heavy atom. The minimum Gasteiger partial charge on any atom is -0.376 e. The molecule has 0 aromatic carbocycles. The third-order valence-electron chi connectivity index (χ3n) is 2.43. The fourth-order valence-electron chi connectivity index (χ4n) is 1.53. The van der Waals surface area contributed by atoms with E-state index in [-0.39, 0.29) is 23.6 Å². The van der Waals surface area contributed by atoms with E-state index in [1.165, 1.54) is 0 Å². The SMILES string of the molecule is CC(NCC1COCCO1)C(=O)NC(C)(C)C. The Morgan fingerprint density at radius 3 is 2.65 bits per heavy atom. The fourth-order valence-corrected chi connectivity index (χ4v) is 1.53. The molecule has 0 saturated carbocycles. The third-order valence-corrected chi connectivity index (χ3v) is 2.43. The lowest BCUT2D eigenvalue weighted by atomic mass is 10.1. The number of carbonyl (C=O) groups excluding carboxylic acids is 1. The number of nitrogens with one attached hydrogen (secondary N) is 2. The zero-order valence-electron chi connectivity index (χ0n) is 11.2. The van der Waals surface area contributed by atoms with E-state index in [4.69, 9.17) is 9.47 Å². The fraction of sp³-hybridized carbons (Fsp3) is 0.917. The maximum absolute atomic E-state index is 11.8. The molecule has 0 radical (unpaired) electrons. The summed E-state index contributed by atoms with van der Waals surface area (Å²) in [4.78, 5) is 11.8. The summed E-state index contributed by atoms with van der Waals surface area (Å²) in [5, 5.41) is 6.09. The molecule has 17 heavy (non-hydrogen) atoms. The average Bonchev–Trinajstić information content (AvgIpc) is 2.25. The van der Waals surface area contributed by atoms with Crippen LogP contribution in [0.4, 0.5) is 0 Å². The van der Waals surface area contributed by atoms with Gasteiger partial charge in [-0.3, -0.25) is 4.79 Å². The van der Waals surface area contributed by atoms with Crippen LogP contribution in [0.3, 0.4) is 0 Å². The first-order chi connectivity index (χ1) is 7.88. The highest BCUT2D eigenvalue weighted by Crippen LogP contribution is 2.01. The standard InChI is InChI=1S/C12H24N2O3/c1-9(11(15)14-12(2,3)4)13-7-10-8-16-5-6-17-10/h9-10,13H,5-8H2,1-4H3,(H,14,15). The molecular formula is C12H24N2O3. The smallest absolute Gasteiger partial charge is 0.237 e. The van der Waals surface area contributed by atoms with Gasteiger partial charge in [-0.25, -0.2) is 0 Å². The van der Waals surface area contributed by atoms with Gasteiger partial charge < -0.3 is 20.1 Å². The molecule has 1 amide bonds. The van der Waals surface area contributed by atoms with Crippen molar-refractivity contribution in [1.29, 1.82) is 0 Å². The van der Waals surface area contributed by atoms with Crippen LogP contribution in [0, 0.1) is 0 Å². The van der Waals surface area contributed by atoms with E-state index in [1.807, 2.05) is 27.7 Å². The summed E-state index contributed by atoms with van der Waals surface area (Å²) in [7, 11) is 0. The van der Waals surface area contributed by atoms with Crippen LogP contribution in [0.15, 0.2) is 0 Å². The van der Waals surface area contributed by atoms with E-state index in [0.717, 1.165) is 0 Å². The molecular weight excluding hydrogens is 220 g/mol. The molecule has 1 rings (SSSR count). The van der Waals surface area contributed by atoms with Crippen LogP contribution in [0.5, 0.6) is 0 Å². The maximum Gasteiger partial charge on any atom is 0.237 e. The molecule has 1 aliphatic heterocycles. The summed E-state index contributed by atoms with van der Waals surface area (Å²) in [6.45, 7) is 10.3. The second kappa shape index (κ2) is 6.33. The number of ether oxygens (including phenoxy) is 2. The number of amides is 1. The van der Waals surface area contributed by atoms with Gasteiger partial charge >= 0.3 is 0 Å². The van der Waals surface area contributed by atoms with Crippen molar-refractivity contribution in [3.8, 4) is 0 Å². The van der Waals surface area contributed by atoms with Crippen molar-refractivity contribution in [2.45, 2.75) is 45.4 Å². The molecule has 1 saturated heterocycles. The molecule has 2 unspecified atom stereocenters. The van der Waals surface area contributed by atoms with Crippen LogP contribution < -0.4 is 10.6 Å². The maximum atomic E-state index is 11.8. The Morgan fingerprint density at radius 2 is 2.12 bits per heavy atom. The van der Waals surface area contributed by atoms with Crippen LogP contribution in [0.1, 0.15) is 27.7 Å². The van der Waals surface area contributed by atoms with Crippen LogP contribution in [0.2, 0.25) is 0 Å². The predicted octanol–water partition coefficient (Wildman–Crippen LogP) is 0.295. The van der Waals surface area contributed by atoms with Crippen LogP contribution in [0.25, 0.3) is 0 Å². The summed E-state index contributed by atoms with van der Waals surface area (Å²) >= 11 is 0. The van der Waals surface area contributed by atoms with E-state index < -0.39 is 0 Å². The second-order valence-corrected chi connectivity index (χ2v) is 5.44. The van der Waals surface area contributed by atoms with E-state index >= 15 is 0 Å². The first-order valence-electron chi connectivity index (χ1n) is 6.13. The molecule has 1 aliphatic rings. The summed E-state index contributed by atoms with van der Waals surface area (Å²) in [5.41, 5.74) is -0.197. The molecule has 0 aliphatic carbocycles. The van der Waals surface area contributed by atoms with Crippen LogP contribution in [-0.2, 0) is 14.3 Å². The summed E-state index contributed by atoms with van der Waals surface area (Å²) in [6, 6.07) is -0.222. The zero-order valence-corrected chi connectivity index (χ0v) is 11.2. The molecule has 0 aromatic heterocycles. The summed E-state index contributed by atoms with van der Waals surface area (Å²) < 4.78 is 10.8. The molecule has 2 atom stereocenters. The Kier molecular flexibility index (Phi) is 5.36. The Bertz CT molecular complexity index is 245. The third kappa shape index (κ3) is 6.00. The lowest BCUT2D eigenvalue weighted by Crippen LogP contribution is -2.51. The largest absolute Gasteiger partial charge is 0.376 e. The Labute approximate surface area is 103 Å². The van der Waals surface area contributed by atoms with E-state index in [0.29, 0.717) is 26.4 Å². The Hall–Kier alpha value is -0.650. The predicted molar refractivity (Wildman–Crippen MR) is 65.9 cm³/mol. The highest BCUT2D eigenvalue weighted by Gasteiger charge is 2.21. The molecule has 0 spiro atoms. The first-order valence-corrected chi connectivity index (χ1v) is 6.13. The van der Waals surface area contributed by atoms with Gasteiger partial charge in [-0.1, -0.05) is 0 Å². The molecule has 0 aromatic rings. The van der Waals surface area contributed by atoms with Gasteiger partial charge in [0.25, 0.3) is 0 Å². The topological polar surface area (TPSA) is 59.6 Å². The van der Waals surface area contributed by atoms with Gasteiger partial charge in [-0.05, 0) is 27.7 Å². The van der Waals surface area contributed by atoms with Crippen LogP contribution >= 0.6 is 0 Å². The van der Waals surface area contributed by atoms with Crippen molar-refractivity contribution in [1.82, 2.24) is 10.6 Å². The van der Waals surface area contributed by atoms with Crippen molar-refractivity contribution >= 4 is 5.91 Å². The molecule has 5 nitrogen and oxygen atoms in total. The van der Waals surface area contributed by atoms with Gasteiger partial charge in [0.1, 0.15) is 0 Å². The summed E-state index contributed by atoms with van der Waals surface area (Å²) in [5.74, 6) is 0.00854. The number of carbonyl (C=O) groups is 1. The number of hydrogen-bond donors (Lipinski definition) is 2. The van der Waals surface area contributed by atoms with Crippen molar-refractivity contribution < 1.29 is 14.3 Å². The van der Waals surface area contributed by atoms with E-state index in [2.05, 4.69) is 10.6 Å². The van der Waals surface area contributed by atoms with E-state index in [1.54, 1.807) is 0 Å². The van der Waals surface area contributed by atoms with Gasteiger partial charge in [-0.2, -0.15) is 0 Å². The van der Waals surface area contributed by atoms with Crippen LogP contribution in [-0.4, -0.2) is 50.0 Å². The van der Waals surface area contributed by atoms with Crippen molar-refractivity contribution in [3.63, 3.8) is 0 Å².